The number of hydrogen-bond donors (Lipinski definition) is 3. The number of phenols is 1. The molecule has 23 heavy (non-hydrogen) atoms. The van der Waals surface area contributed by atoms with E-state index in [9.17, 15) is 5.11 Å². The Bertz CT molecular complexity index is 371. The van der Waals surface area contributed by atoms with E-state index in [1.54, 1.807) is 6.07 Å². The van der Waals surface area contributed by atoms with Crippen LogP contribution in [0, 0.1) is 0 Å². The number of benzene rings is 1. The van der Waals surface area contributed by atoms with Gasteiger partial charge in [0.2, 0.25) is 0 Å². The largest absolute Gasteiger partial charge is 0.508 e. The summed E-state index contributed by atoms with van der Waals surface area (Å²) in [6.45, 7) is 5.12. The number of ether oxygens (including phenoxy) is 1. The van der Waals surface area contributed by atoms with Crippen LogP contribution in [0.4, 0.5) is 0 Å². The average Bonchev–Trinajstić information content (AvgIpc) is 2.47. The van der Waals surface area contributed by atoms with Gasteiger partial charge in [0.15, 0.2) is 12.6 Å². The molecule has 0 amide bonds. The normalized spacial score (nSPS) is 13.1. The smallest absolute Gasteiger partial charge is 0.154 e. The van der Waals surface area contributed by atoms with Gasteiger partial charge in [-0.1, -0.05) is 63.6 Å². The van der Waals surface area contributed by atoms with E-state index in [4.69, 9.17) is 10.2 Å². The first kappa shape index (κ1) is 21.9. The quantitative estimate of drug-likeness (QED) is 0.441. The summed E-state index contributed by atoms with van der Waals surface area (Å²) >= 11 is 0. The molecule has 0 aliphatic rings. The highest BCUT2D eigenvalue weighted by atomic mass is 16.7. The number of aryl methyl sites for hydroxylation is 1. The first-order valence-corrected chi connectivity index (χ1v) is 8.75. The fraction of sp³-hybridized carbons (Fsp3) is 0.684. The standard InChI is InChI=1S/C15H24O.C4H10O3/c1-2-3-4-5-6-7-8-11-14-12-9-10-13-15(14)16;1-3(5)7-4(2)6/h9-10,12-13,16H,2-8,11H2,1H3;3-6H,1-2H3. The molecular formula is C19H34O4. The monoisotopic (exact) mass is 326 g/mol. The van der Waals surface area contributed by atoms with Crippen LogP contribution in [0.1, 0.15) is 71.3 Å². The highest BCUT2D eigenvalue weighted by molar-refractivity contribution is 5.31. The van der Waals surface area contributed by atoms with Crippen molar-refractivity contribution in [3.63, 3.8) is 0 Å². The molecule has 0 aromatic heterocycles. The van der Waals surface area contributed by atoms with Crippen molar-refractivity contribution in [2.75, 3.05) is 0 Å². The molecule has 0 heterocycles. The second-order valence-electron chi connectivity index (χ2n) is 5.83. The number of unbranched alkanes of at least 4 members (excludes halogenated alkanes) is 6. The number of phenolic OH excluding ortho intramolecular Hbond substituents is 1. The third-order valence-corrected chi connectivity index (χ3v) is 3.44. The summed E-state index contributed by atoms with van der Waals surface area (Å²) in [6.07, 6.45) is 8.54. The van der Waals surface area contributed by atoms with Gasteiger partial charge in [-0.25, -0.2) is 0 Å². The number of aromatic hydroxyl groups is 1. The Morgan fingerprint density at radius 3 is 1.87 bits per heavy atom. The zero-order valence-corrected chi connectivity index (χ0v) is 14.9. The van der Waals surface area contributed by atoms with Gasteiger partial charge in [-0.3, -0.25) is 0 Å². The van der Waals surface area contributed by atoms with Crippen molar-refractivity contribution >= 4 is 0 Å². The van der Waals surface area contributed by atoms with Crippen molar-refractivity contribution in [1.29, 1.82) is 0 Å². The SMILES string of the molecule is CC(O)OC(C)O.CCCCCCCCCc1ccccc1O. The lowest BCUT2D eigenvalue weighted by Crippen LogP contribution is -2.14. The fourth-order valence-electron chi connectivity index (χ4n) is 2.28. The Labute approximate surface area is 141 Å². The summed E-state index contributed by atoms with van der Waals surface area (Å²) in [6, 6.07) is 7.67. The molecule has 0 aliphatic heterocycles. The van der Waals surface area contributed by atoms with E-state index in [0.717, 1.165) is 12.0 Å². The molecule has 4 nitrogen and oxygen atoms in total. The van der Waals surface area contributed by atoms with Gasteiger partial charge in [-0.15, -0.1) is 0 Å². The highest BCUT2D eigenvalue weighted by Gasteiger charge is 1.99. The first-order valence-electron chi connectivity index (χ1n) is 8.75. The minimum Gasteiger partial charge on any atom is -0.508 e. The van der Waals surface area contributed by atoms with Crippen LogP contribution in [0.3, 0.4) is 0 Å². The highest BCUT2D eigenvalue weighted by Crippen LogP contribution is 2.18. The molecule has 0 bridgehead atoms. The molecule has 0 aliphatic carbocycles. The number of hydrogen-bond acceptors (Lipinski definition) is 4. The maximum Gasteiger partial charge on any atom is 0.154 e. The third-order valence-electron chi connectivity index (χ3n) is 3.44. The van der Waals surface area contributed by atoms with Crippen LogP contribution in [0.5, 0.6) is 5.75 Å². The molecule has 0 fully saturated rings. The van der Waals surface area contributed by atoms with Crippen LogP contribution < -0.4 is 0 Å². The maximum atomic E-state index is 9.58. The molecular weight excluding hydrogens is 292 g/mol. The summed E-state index contributed by atoms with van der Waals surface area (Å²) in [5.74, 6) is 0.452. The van der Waals surface area contributed by atoms with Crippen molar-refractivity contribution < 1.29 is 20.1 Å². The lowest BCUT2D eigenvalue weighted by atomic mass is 10.0. The van der Waals surface area contributed by atoms with Crippen molar-refractivity contribution in [2.24, 2.45) is 0 Å². The average molecular weight is 326 g/mol. The minimum absolute atomic E-state index is 0.452. The Balaban J connectivity index is 0.000000585. The van der Waals surface area contributed by atoms with Crippen LogP contribution in [0.15, 0.2) is 24.3 Å². The molecule has 4 heteroatoms. The fourth-order valence-corrected chi connectivity index (χ4v) is 2.28. The summed E-state index contributed by atoms with van der Waals surface area (Å²) in [4.78, 5) is 0. The molecule has 134 valence electrons. The van der Waals surface area contributed by atoms with Gasteiger partial charge < -0.3 is 20.1 Å². The molecule has 1 rings (SSSR count). The van der Waals surface area contributed by atoms with Gasteiger partial charge in [-0.2, -0.15) is 0 Å². The first-order chi connectivity index (χ1) is 11.0. The molecule has 0 spiro atoms. The van der Waals surface area contributed by atoms with E-state index >= 15 is 0 Å². The van der Waals surface area contributed by atoms with Crippen LogP contribution in [-0.2, 0) is 11.2 Å². The van der Waals surface area contributed by atoms with E-state index in [1.807, 2.05) is 18.2 Å². The van der Waals surface area contributed by atoms with Gasteiger partial charge in [0.1, 0.15) is 5.75 Å². The molecule has 1 aromatic rings. The number of para-hydroxylation sites is 1. The van der Waals surface area contributed by atoms with E-state index in [2.05, 4.69) is 11.7 Å². The van der Waals surface area contributed by atoms with E-state index < -0.39 is 12.6 Å². The molecule has 2 unspecified atom stereocenters. The van der Waals surface area contributed by atoms with Gasteiger partial charge in [0.25, 0.3) is 0 Å². The van der Waals surface area contributed by atoms with Crippen LogP contribution in [0.25, 0.3) is 0 Å². The van der Waals surface area contributed by atoms with Crippen molar-refractivity contribution in [2.45, 2.75) is 84.7 Å². The Kier molecular flexibility index (Phi) is 13.8. The summed E-state index contributed by atoms with van der Waals surface area (Å²) in [5, 5.41) is 26.3. The zero-order chi connectivity index (χ0) is 17.5. The topological polar surface area (TPSA) is 69.9 Å². The van der Waals surface area contributed by atoms with E-state index in [-0.39, 0.29) is 0 Å². The minimum atomic E-state index is -0.875. The second kappa shape index (κ2) is 14.5. The van der Waals surface area contributed by atoms with E-state index in [1.165, 1.54) is 58.8 Å². The summed E-state index contributed by atoms with van der Waals surface area (Å²) in [5.41, 5.74) is 1.09. The van der Waals surface area contributed by atoms with E-state index in [0.29, 0.717) is 5.75 Å². The Hall–Kier alpha value is -1.10. The molecule has 1 aromatic carbocycles. The summed E-state index contributed by atoms with van der Waals surface area (Å²) in [7, 11) is 0. The molecule has 0 saturated carbocycles. The molecule has 0 radical (unpaired) electrons. The van der Waals surface area contributed by atoms with Crippen molar-refractivity contribution in [1.82, 2.24) is 0 Å². The predicted molar refractivity (Wildman–Crippen MR) is 94.3 cm³/mol. The van der Waals surface area contributed by atoms with Crippen LogP contribution in [-0.4, -0.2) is 27.9 Å². The van der Waals surface area contributed by atoms with Crippen LogP contribution in [0.2, 0.25) is 0 Å². The van der Waals surface area contributed by atoms with Crippen LogP contribution >= 0.6 is 0 Å². The number of aliphatic hydroxyl groups is 2. The summed E-state index contributed by atoms with van der Waals surface area (Å²) < 4.78 is 4.36. The predicted octanol–water partition coefficient (Wildman–Crippen LogP) is 4.36. The van der Waals surface area contributed by atoms with Gasteiger partial charge in [-0.05, 0) is 38.3 Å². The second-order valence-corrected chi connectivity index (χ2v) is 5.83. The van der Waals surface area contributed by atoms with Gasteiger partial charge >= 0.3 is 0 Å². The Morgan fingerprint density at radius 2 is 1.39 bits per heavy atom. The molecule has 2 atom stereocenters. The maximum absolute atomic E-state index is 9.58. The molecule has 0 saturated heterocycles. The number of rotatable bonds is 10. The lowest BCUT2D eigenvalue weighted by Gasteiger charge is -2.07. The number of aliphatic hydroxyl groups excluding tert-OH is 2. The van der Waals surface area contributed by atoms with Gasteiger partial charge in [0, 0.05) is 0 Å². The third kappa shape index (κ3) is 14.2. The lowest BCUT2D eigenvalue weighted by molar-refractivity contribution is -0.190. The van der Waals surface area contributed by atoms with Gasteiger partial charge in [0.05, 0.1) is 0 Å². The zero-order valence-electron chi connectivity index (χ0n) is 14.9. The van der Waals surface area contributed by atoms with Crippen molar-refractivity contribution in [3.8, 4) is 5.75 Å². The Morgan fingerprint density at radius 1 is 0.870 bits per heavy atom. The van der Waals surface area contributed by atoms with Crippen molar-refractivity contribution in [3.05, 3.63) is 29.8 Å². The molecule has 3 N–H and O–H groups in total.